The highest BCUT2D eigenvalue weighted by atomic mass is 16.6. The number of carbonyl (C=O) groups is 3. The molecule has 0 spiro atoms. The van der Waals surface area contributed by atoms with Crippen molar-refractivity contribution in [2.75, 3.05) is 6.54 Å². The minimum Gasteiger partial charge on any atom is -0.456 e. The highest BCUT2D eigenvalue weighted by Crippen LogP contribution is 2.30. The van der Waals surface area contributed by atoms with Gasteiger partial charge >= 0.3 is 18.2 Å². The maximum atomic E-state index is 13.8. The predicted molar refractivity (Wildman–Crippen MR) is 187 cm³/mol. The van der Waals surface area contributed by atoms with E-state index in [9.17, 15) is 14.4 Å². The first kappa shape index (κ1) is 35.7. The summed E-state index contributed by atoms with van der Waals surface area (Å²) in [7, 11) is 0. The number of esters is 1. The number of hydrogen-bond donors (Lipinski definition) is 2. The number of benzene rings is 1. The zero-order chi connectivity index (χ0) is 35.7. The molecule has 1 aliphatic carbocycles. The van der Waals surface area contributed by atoms with Gasteiger partial charge in [-0.05, 0) is 105 Å². The number of aromatic nitrogens is 2. The van der Waals surface area contributed by atoms with Gasteiger partial charge in [0, 0.05) is 41.8 Å². The molecule has 0 saturated heterocycles. The molecule has 1 aromatic carbocycles. The molecule has 1 saturated carbocycles. The normalized spacial score (nSPS) is 15.4. The molecule has 0 atom stereocenters. The highest BCUT2D eigenvalue weighted by molar-refractivity contribution is 5.92. The van der Waals surface area contributed by atoms with E-state index in [1.165, 1.54) is 6.20 Å². The van der Waals surface area contributed by atoms with Gasteiger partial charge in [0.05, 0.1) is 29.9 Å². The van der Waals surface area contributed by atoms with Crippen LogP contribution in [0.25, 0.3) is 16.6 Å². The van der Waals surface area contributed by atoms with Crippen molar-refractivity contribution >= 4 is 34.8 Å². The van der Waals surface area contributed by atoms with Crippen LogP contribution < -0.4 is 11.0 Å². The molecule has 0 unspecified atom stereocenters. The third-order valence-electron chi connectivity index (χ3n) is 7.88. The van der Waals surface area contributed by atoms with E-state index < -0.39 is 35.0 Å². The third-order valence-corrected chi connectivity index (χ3v) is 7.88. The summed E-state index contributed by atoms with van der Waals surface area (Å²) in [5.74, 6) is -0.0308. The lowest BCUT2D eigenvalue weighted by atomic mass is 9.85. The number of rotatable bonds is 8. The Kier molecular flexibility index (Phi) is 10.0. The van der Waals surface area contributed by atoms with E-state index in [0.29, 0.717) is 41.3 Å². The van der Waals surface area contributed by atoms with E-state index in [1.807, 2.05) is 97.8 Å². The van der Waals surface area contributed by atoms with Gasteiger partial charge in [-0.15, -0.1) is 5.53 Å². The fourth-order valence-corrected chi connectivity index (χ4v) is 5.57. The largest absolute Gasteiger partial charge is 0.456 e. The van der Waals surface area contributed by atoms with E-state index >= 15 is 0 Å². The average Bonchev–Trinajstić information content (AvgIpc) is 3.55. The molecular formula is C37H50N6O6. The number of carbonyl (C=O) groups excluding carboxylic acids is 3. The first-order valence-electron chi connectivity index (χ1n) is 16.9. The van der Waals surface area contributed by atoms with Gasteiger partial charge in [-0.1, -0.05) is 18.6 Å². The number of hydrogen-bond acceptors (Lipinski definition) is 10. The van der Waals surface area contributed by atoms with Crippen LogP contribution in [0.2, 0.25) is 0 Å². The van der Waals surface area contributed by atoms with Gasteiger partial charge in [0.2, 0.25) is 0 Å². The van der Waals surface area contributed by atoms with E-state index in [0.717, 1.165) is 35.9 Å². The molecule has 1 aliphatic heterocycles. The minimum atomic E-state index is -0.721. The van der Waals surface area contributed by atoms with Crippen molar-refractivity contribution in [3.05, 3.63) is 71.3 Å². The molecular weight excluding hydrogens is 624 g/mol. The summed E-state index contributed by atoms with van der Waals surface area (Å²) in [6, 6.07) is 9.62. The summed E-state index contributed by atoms with van der Waals surface area (Å²) < 4.78 is 18.7. The molecule has 2 aliphatic rings. The highest BCUT2D eigenvalue weighted by Gasteiger charge is 2.30. The van der Waals surface area contributed by atoms with Crippen molar-refractivity contribution in [2.45, 2.75) is 111 Å². The number of nitrogens with zero attached hydrogens (tertiary/aromatic N) is 4. The first-order chi connectivity index (χ1) is 22.8. The lowest BCUT2D eigenvalue weighted by Crippen LogP contribution is -2.41. The Morgan fingerprint density at radius 3 is 2.22 bits per heavy atom. The summed E-state index contributed by atoms with van der Waals surface area (Å²) in [5, 5.41) is 2.72. The second kappa shape index (κ2) is 13.7. The SMILES string of the molecule is CC(C)(C)OC(=O)c1cncc(C2=CN(Cc3ccc4cc(CN(CC5CCC5)C(=O)OC(C)(C)C)n(C(=O)OC(C)(C)C)c4c3)NN2)c1. The topological polar surface area (TPSA) is 127 Å². The van der Waals surface area contributed by atoms with E-state index in [4.69, 9.17) is 14.2 Å². The monoisotopic (exact) mass is 674 g/mol. The third kappa shape index (κ3) is 9.53. The van der Waals surface area contributed by atoms with Crippen LogP contribution in [0.5, 0.6) is 0 Å². The molecule has 12 heteroatoms. The Hall–Kier alpha value is -4.58. The van der Waals surface area contributed by atoms with Crippen LogP contribution in [-0.4, -0.2) is 61.0 Å². The molecule has 3 heterocycles. The second-order valence-electron chi connectivity index (χ2n) is 15.9. The van der Waals surface area contributed by atoms with Crippen LogP contribution in [0, 0.1) is 5.92 Å². The van der Waals surface area contributed by atoms with Crippen LogP contribution in [0.4, 0.5) is 9.59 Å². The van der Waals surface area contributed by atoms with Gasteiger partial charge in [-0.2, -0.15) is 0 Å². The summed E-state index contributed by atoms with van der Waals surface area (Å²) in [4.78, 5) is 45.7. The number of fused-ring (bicyclic) bond motifs is 1. The second-order valence-corrected chi connectivity index (χ2v) is 15.9. The van der Waals surface area contributed by atoms with Crippen molar-refractivity contribution < 1.29 is 28.6 Å². The Labute approximate surface area is 288 Å². The summed E-state index contributed by atoms with van der Waals surface area (Å²) in [6.45, 7) is 17.7. The molecule has 5 rings (SSSR count). The van der Waals surface area contributed by atoms with Crippen molar-refractivity contribution in [1.29, 1.82) is 0 Å². The van der Waals surface area contributed by atoms with Crippen LogP contribution in [0.15, 0.2) is 48.9 Å². The van der Waals surface area contributed by atoms with Crippen molar-refractivity contribution in [2.24, 2.45) is 5.92 Å². The van der Waals surface area contributed by atoms with E-state index in [-0.39, 0.29) is 6.54 Å². The molecule has 0 radical (unpaired) electrons. The van der Waals surface area contributed by atoms with E-state index in [1.54, 1.807) is 21.7 Å². The molecule has 49 heavy (non-hydrogen) atoms. The Morgan fingerprint density at radius 1 is 0.898 bits per heavy atom. The zero-order valence-electron chi connectivity index (χ0n) is 30.2. The Bertz CT molecular complexity index is 1740. The fourth-order valence-electron chi connectivity index (χ4n) is 5.57. The van der Waals surface area contributed by atoms with Gasteiger partial charge in [-0.25, -0.2) is 19.0 Å². The number of pyridine rings is 1. The molecule has 2 aromatic heterocycles. The summed E-state index contributed by atoms with van der Waals surface area (Å²) in [6.07, 6.45) is 7.43. The molecule has 3 aromatic rings. The standard InChI is InChI=1S/C37H50N6O6/c1-35(2,3)47-32(44)28-16-27(18-38-19-28)30-23-42(40-39-30)21-25-13-14-26-17-29(43(31(26)15-25)34(46)49-37(7,8)9)22-41(20-24-11-10-12-24)33(45)48-36(4,5)6/h13-19,23-24,39-40H,10-12,20-22H2,1-9H3. The fraction of sp³-hybridized carbons (Fsp3) is 0.514. The molecule has 1 fully saturated rings. The number of ether oxygens (including phenoxy) is 3. The van der Waals surface area contributed by atoms with Crippen molar-refractivity contribution in [3.63, 3.8) is 0 Å². The molecule has 1 amide bonds. The van der Waals surface area contributed by atoms with Crippen LogP contribution in [0.1, 0.15) is 109 Å². The van der Waals surface area contributed by atoms with Crippen molar-refractivity contribution in [1.82, 2.24) is 30.4 Å². The minimum absolute atomic E-state index is 0.203. The van der Waals surface area contributed by atoms with Gasteiger partial charge in [0.15, 0.2) is 0 Å². The van der Waals surface area contributed by atoms with Gasteiger partial charge < -0.3 is 24.5 Å². The summed E-state index contributed by atoms with van der Waals surface area (Å²) in [5.41, 5.74) is 8.35. The van der Waals surface area contributed by atoms with E-state index in [2.05, 4.69) is 15.9 Å². The molecule has 12 nitrogen and oxygen atoms in total. The molecule has 264 valence electrons. The number of nitrogens with one attached hydrogen (secondary N) is 2. The van der Waals surface area contributed by atoms with Gasteiger partial charge in [0.1, 0.15) is 16.8 Å². The Morgan fingerprint density at radius 2 is 1.59 bits per heavy atom. The first-order valence-corrected chi connectivity index (χ1v) is 16.9. The number of hydrazine groups is 2. The molecule has 2 N–H and O–H groups in total. The smallest absolute Gasteiger partial charge is 0.419 e. The van der Waals surface area contributed by atoms with Gasteiger partial charge in [0.25, 0.3) is 0 Å². The zero-order valence-corrected chi connectivity index (χ0v) is 30.2. The van der Waals surface area contributed by atoms with Crippen LogP contribution in [-0.2, 0) is 27.3 Å². The predicted octanol–water partition coefficient (Wildman–Crippen LogP) is 7.14. The van der Waals surface area contributed by atoms with Crippen LogP contribution >= 0.6 is 0 Å². The van der Waals surface area contributed by atoms with Crippen molar-refractivity contribution in [3.8, 4) is 0 Å². The lowest BCUT2D eigenvalue weighted by Gasteiger charge is -2.33. The van der Waals surface area contributed by atoms with Crippen LogP contribution in [0.3, 0.4) is 0 Å². The quantitative estimate of drug-likeness (QED) is 0.188. The van der Waals surface area contributed by atoms with Gasteiger partial charge in [-0.3, -0.25) is 9.99 Å². The maximum Gasteiger partial charge on any atom is 0.419 e. The maximum absolute atomic E-state index is 13.8. The lowest BCUT2D eigenvalue weighted by molar-refractivity contribution is 0.00677. The summed E-state index contributed by atoms with van der Waals surface area (Å²) >= 11 is 0. The Balaban J connectivity index is 1.41. The number of amides is 1. The molecule has 0 bridgehead atoms. The average molecular weight is 675 g/mol.